The number of likely N-dealkylation sites (tertiary alicyclic amines) is 1. The molecule has 1 aromatic heterocycles. The van der Waals surface area contributed by atoms with Crippen molar-refractivity contribution in [2.45, 2.75) is 32.7 Å². The molecule has 1 aliphatic heterocycles. The van der Waals surface area contributed by atoms with Gasteiger partial charge in [0.25, 0.3) is 0 Å². The molecule has 1 aliphatic rings. The smallest absolute Gasteiger partial charge is 0.129 e. The van der Waals surface area contributed by atoms with E-state index in [4.69, 9.17) is 11.6 Å². The number of hydrogen-bond donors (Lipinski definition) is 0. The Hall–Kier alpha value is -0.600. The second-order valence-corrected chi connectivity index (χ2v) is 5.05. The third kappa shape index (κ3) is 3.19. The average Bonchev–Trinajstić information content (AvgIpc) is 2.66. The normalized spacial score (nSPS) is 21.5. The van der Waals surface area contributed by atoms with Crippen molar-refractivity contribution in [3.63, 3.8) is 0 Å². The Kier molecular flexibility index (Phi) is 4.19. The second kappa shape index (κ2) is 5.65. The standard InChI is InChI=1S/C13H19ClN2/c1-2-3-11-5-7-16(9-11)10-12-4-6-15-13(14)8-12/h4,6,8,11H,2-3,5,7,9-10H2,1H3. The van der Waals surface area contributed by atoms with E-state index in [0.717, 1.165) is 12.5 Å². The Morgan fingerprint density at radius 1 is 1.56 bits per heavy atom. The van der Waals surface area contributed by atoms with E-state index >= 15 is 0 Å². The molecule has 0 spiro atoms. The van der Waals surface area contributed by atoms with E-state index in [1.54, 1.807) is 6.20 Å². The van der Waals surface area contributed by atoms with Crippen molar-refractivity contribution in [3.05, 3.63) is 29.0 Å². The fraction of sp³-hybridized carbons (Fsp3) is 0.615. The van der Waals surface area contributed by atoms with Gasteiger partial charge in [0.1, 0.15) is 5.15 Å². The van der Waals surface area contributed by atoms with Gasteiger partial charge in [0.15, 0.2) is 0 Å². The molecule has 0 bridgehead atoms. The van der Waals surface area contributed by atoms with Gasteiger partial charge < -0.3 is 0 Å². The molecule has 16 heavy (non-hydrogen) atoms. The third-order valence-electron chi connectivity index (χ3n) is 3.26. The summed E-state index contributed by atoms with van der Waals surface area (Å²) in [7, 11) is 0. The number of rotatable bonds is 4. The highest BCUT2D eigenvalue weighted by molar-refractivity contribution is 6.29. The minimum absolute atomic E-state index is 0.599. The molecule has 1 unspecified atom stereocenters. The summed E-state index contributed by atoms with van der Waals surface area (Å²) in [6, 6.07) is 4.02. The molecule has 1 aromatic rings. The molecule has 2 rings (SSSR count). The van der Waals surface area contributed by atoms with Gasteiger partial charge >= 0.3 is 0 Å². The van der Waals surface area contributed by atoms with Gasteiger partial charge in [0.05, 0.1) is 0 Å². The first-order valence-corrected chi connectivity index (χ1v) is 6.48. The van der Waals surface area contributed by atoms with Gasteiger partial charge in [0, 0.05) is 19.3 Å². The van der Waals surface area contributed by atoms with E-state index in [2.05, 4.69) is 22.9 Å². The summed E-state index contributed by atoms with van der Waals surface area (Å²) >= 11 is 5.88. The van der Waals surface area contributed by atoms with Crippen molar-refractivity contribution in [1.29, 1.82) is 0 Å². The van der Waals surface area contributed by atoms with Crippen LogP contribution >= 0.6 is 11.6 Å². The Morgan fingerprint density at radius 3 is 3.19 bits per heavy atom. The lowest BCUT2D eigenvalue weighted by Crippen LogP contribution is -2.20. The van der Waals surface area contributed by atoms with Crippen molar-refractivity contribution < 1.29 is 0 Å². The largest absolute Gasteiger partial charge is 0.299 e. The maximum absolute atomic E-state index is 5.88. The minimum Gasteiger partial charge on any atom is -0.299 e. The summed E-state index contributed by atoms with van der Waals surface area (Å²) in [5.74, 6) is 0.905. The first-order valence-electron chi connectivity index (χ1n) is 6.10. The van der Waals surface area contributed by atoms with Crippen molar-refractivity contribution in [2.24, 2.45) is 5.92 Å². The number of halogens is 1. The van der Waals surface area contributed by atoms with E-state index in [9.17, 15) is 0 Å². The van der Waals surface area contributed by atoms with Crippen LogP contribution < -0.4 is 0 Å². The fourth-order valence-electron chi connectivity index (χ4n) is 2.50. The monoisotopic (exact) mass is 238 g/mol. The van der Waals surface area contributed by atoms with Crippen LogP contribution in [0.3, 0.4) is 0 Å². The van der Waals surface area contributed by atoms with Crippen LogP contribution in [0, 0.1) is 5.92 Å². The molecule has 0 amide bonds. The lowest BCUT2D eigenvalue weighted by molar-refractivity contribution is 0.313. The zero-order valence-electron chi connectivity index (χ0n) is 9.82. The van der Waals surface area contributed by atoms with Crippen LogP contribution in [-0.4, -0.2) is 23.0 Å². The highest BCUT2D eigenvalue weighted by Crippen LogP contribution is 2.22. The zero-order valence-corrected chi connectivity index (χ0v) is 10.6. The Labute approximate surface area is 103 Å². The first-order chi connectivity index (χ1) is 7.78. The number of hydrogen-bond acceptors (Lipinski definition) is 2. The van der Waals surface area contributed by atoms with Crippen LogP contribution in [0.4, 0.5) is 0 Å². The topological polar surface area (TPSA) is 16.1 Å². The lowest BCUT2D eigenvalue weighted by atomic mass is 10.0. The highest BCUT2D eigenvalue weighted by Gasteiger charge is 2.21. The number of nitrogens with zero attached hydrogens (tertiary/aromatic N) is 2. The highest BCUT2D eigenvalue weighted by atomic mass is 35.5. The van der Waals surface area contributed by atoms with Crippen LogP contribution in [0.15, 0.2) is 18.3 Å². The summed E-state index contributed by atoms with van der Waals surface area (Å²) in [5, 5.41) is 0.599. The Balaban J connectivity index is 1.87. The van der Waals surface area contributed by atoms with Crippen LogP contribution in [0.2, 0.25) is 5.15 Å². The summed E-state index contributed by atoms with van der Waals surface area (Å²) in [6.07, 6.45) is 5.82. The zero-order chi connectivity index (χ0) is 11.4. The van der Waals surface area contributed by atoms with E-state index in [-0.39, 0.29) is 0 Å². The molecule has 0 aliphatic carbocycles. The molecule has 1 fully saturated rings. The molecular weight excluding hydrogens is 220 g/mol. The molecule has 3 heteroatoms. The minimum atomic E-state index is 0.599. The van der Waals surface area contributed by atoms with Crippen LogP contribution in [0.1, 0.15) is 31.7 Å². The van der Waals surface area contributed by atoms with Gasteiger partial charge in [0.2, 0.25) is 0 Å². The third-order valence-corrected chi connectivity index (χ3v) is 3.47. The maximum Gasteiger partial charge on any atom is 0.129 e. The molecule has 1 atom stereocenters. The molecule has 0 radical (unpaired) electrons. The van der Waals surface area contributed by atoms with Gasteiger partial charge in [-0.25, -0.2) is 4.98 Å². The molecular formula is C13H19ClN2. The van der Waals surface area contributed by atoms with Crippen LogP contribution in [0.5, 0.6) is 0 Å². The Morgan fingerprint density at radius 2 is 2.44 bits per heavy atom. The average molecular weight is 239 g/mol. The molecule has 88 valence electrons. The quantitative estimate of drug-likeness (QED) is 0.748. The van der Waals surface area contributed by atoms with Gasteiger partial charge in [-0.05, 0) is 43.0 Å². The molecule has 0 aromatic carbocycles. The van der Waals surface area contributed by atoms with Gasteiger partial charge in [-0.1, -0.05) is 24.9 Å². The summed E-state index contributed by atoms with van der Waals surface area (Å²) in [4.78, 5) is 6.53. The molecule has 0 saturated carbocycles. The molecule has 1 saturated heterocycles. The van der Waals surface area contributed by atoms with Crippen LogP contribution in [0.25, 0.3) is 0 Å². The summed E-state index contributed by atoms with van der Waals surface area (Å²) in [5.41, 5.74) is 1.28. The van der Waals surface area contributed by atoms with E-state index in [1.165, 1.54) is 37.9 Å². The van der Waals surface area contributed by atoms with E-state index in [0.29, 0.717) is 5.15 Å². The maximum atomic E-state index is 5.88. The van der Waals surface area contributed by atoms with E-state index in [1.807, 2.05) is 6.07 Å². The van der Waals surface area contributed by atoms with Gasteiger partial charge in [-0.3, -0.25) is 4.90 Å². The SMILES string of the molecule is CCCC1CCN(Cc2ccnc(Cl)c2)C1. The molecule has 0 N–H and O–H groups in total. The number of pyridine rings is 1. The summed E-state index contributed by atoms with van der Waals surface area (Å²) < 4.78 is 0. The summed E-state index contributed by atoms with van der Waals surface area (Å²) in [6.45, 7) is 5.76. The second-order valence-electron chi connectivity index (χ2n) is 4.67. The van der Waals surface area contributed by atoms with Crippen molar-refractivity contribution in [3.8, 4) is 0 Å². The lowest BCUT2D eigenvalue weighted by Gasteiger charge is -2.15. The predicted molar refractivity (Wildman–Crippen MR) is 67.5 cm³/mol. The molecule has 2 nitrogen and oxygen atoms in total. The number of aromatic nitrogens is 1. The predicted octanol–water partition coefficient (Wildman–Crippen LogP) is 3.36. The van der Waals surface area contributed by atoms with Crippen molar-refractivity contribution in [2.75, 3.05) is 13.1 Å². The van der Waals surface area contributed by atoms with Gasteiger partial charge in [-0.2, -0.15) is 0 Å². The molecule has 2 heterocycles. The van der Waals surface area contributed by atoms with Crippen LogP contribution in [-0.2, 0) is 6.54 Å². The fourth-order valence-corrected chi connectivity index (χ4v) is 2.70. The van der Waals surface area contributed by atoms with E-state index < -0.39 is 0 Å². The van der Waals surface area contributed by atoms with Crippen molar-refractivity contribution in [1.82, 2.24) is 9.88 Å². The van der Waals surface area contributed by atoms with Crippen molar-refractivity contribution >= 4 is 11.6 Å². The van der Waals surface area contributed by atoms with Gasteiger partial charge in [-0.15, -0.1) is 0 Å². The Bertz CT molecular complexity index is 340. The first kappa shape index (κ1) is 11.9.